The van der Waals surface area contributed by atoms with Gasteiger partial charge in [0.1, 0.15) is 34.3 Å². The number of aromatic amines is 1. The molecule has 21 heteroatoms. The minimum atomic E-state index is -0.956. The number of nitrogens with zero attached hydrogens (tertiary/aromatic N) is 2. The Labute approximate surface area is 556 Å². The number of rotatable bonds is 19. The number of aromatic nitrogens is 3. The van der Waals surface area contributed by atoms with Crippen molar-refractivity contribution in [1.82, 2.24) is 14.1 Å². The van der Waals surface area contributed by atoms with E-state index in [2.05, 4.69) is 20.9 Å². The SMILES string of the molecule is CCOC(=O)c1cc2ccc(Cl)cc2[nH]1.CCOC(=O)c1cc2ccc(Cl)cc2n1CCCOc1cc(C)c(Cl)c(C)c1.Cc1cc(OCCCBr)cc(C)c1Cl.Cc1cc(OCCCn2c(C(=O)O)cc3ccc(Cl)cc32)cc(C)c1Cl.[Na+].[OH-]. The van der Waals surface area contributed by atoms with E-state index in [1.54, 1.807) is 54.8 Å². The summed E-state index contributed by atoms with van der Waals surface area (Å²) in [5, 5.41) is 17.4. The molecule has 0 aliphatic heterocycles. The smallest absolute Gasteiger partial charge is 0.870 e. The Hall–Kier alpha value is -5.07. The van der Waals surface area contributed by atoms with E-state index in [0.717, 1.165) is 123 Å². The molecule has 9 rings (SSSR count). The Morgan fingerprint density at radius 2 is 0.859 bits per heavy atom. The Bertz CT molecular complexity index is 3670. The van der Waals surface area contributed by atoms with Gasteiger partial charge >= 0.3 is 47.5 Å². The van der Waals surface area contributed by atoms with Gasteiger partial charge < -0.3 is 48.4 Å². The molecular weight excluding hydrogens is 1290 g/mol. The first-order valence-corrected chi connectivity index (χ1v) is 30.2. The van der Waals surface area contributed by atoms with Crippen LogP contribution in [0.4, 0.5) is 0 Å². The maximum atomic E-state index is 12.4. The average molecular weight is 1350 g/mol. The van der Waals surface area contributed by atoms with Crippen molar-refractivity contribution in [3.63, 3.8) is 0 Å². The molecule has 3 N–H and O–H groups in total. The van der Waals surface area contributed by atoms with Gasteiger partial charge in [-0.2, -0.15) is 0 Å². The zero-order valence-electron chi connectivity index (χ0n) is 48.9. The van der Waals surface area contributed by atoms with Crippen molar-refractivity contribution in [2.75, 3.05) is 38.4 Å². The predicted octanol–water partition coefficient (Wildman–Crippen LogP) is 15.9. The molecule has 0 aliphatic rings. The van der Waals surface area contributed by atoms with E-state index >= 15 is 0 Å². The van der Waals surface area contributed by atoms with Crippen molar-refractivity contribution in [3.05, 3.63) is 190 Å². The largest absolute Gasteiger partial charge is 1.00 e. The van der Waals surface area contributed by atoms with Gasteiger partial charge in [0, 0.05) is 70.2 Å². The van der Waals surface area contributed by atoms with Crippen LogP contribution in [0.2, 0.25) is 30.1 Å². The fraction of sp³-hybridized carbons (Fsp3) is 0.297. The van der Waals surface area contributed by atoms with Gasteiger partial charge in [-0.3, -0.25) is 0 Å². The summed E-state index contributed by atoms with van der Waals surface area (Å²) in [5.41, 5.74) is 9.86. The van der Waals surface area contributed by atoms with Crippen LogP contribution in [0.15, 0.2) is 109 Å². The Morgan fingerprint density at radius 1 is 0.494 bits per heavy atom. The minimum Gasteiger partial charge on any atom is -0.870 e. The summed E-state index contributed by atoms with van der Waals surface area (Å²) in [6.45, 7) is 18.9. The first-order chi connectivity index (χ1) is 39.6. The van der Waals surface area contributed by atoms with E-state index in [1.165, 1.54) is 0 Å². The number of esters is 2. The molecule has 85 heavy (non-hydrogen) atoms. The van der Waals surface area contributed by atoms with Gasteiger partial charge in [0.2, 0.25) is 0 Å². The van der Waals surface area contributed by atoms with Crippen LogP contribution in [0.5, 0.6) is 17.2 Å². The molecule has 0 saturated carbocycles. The number of hydrogen-bond acceptors (Lipinski definition) is 9. The molecule has 3 aromatic heterocycles. The monoisotopic (exact) mass is 1350 g/mol. The van der Waals surface area contributed by atoms with Crippen LogP contribution >= 0.6 is 85.5 Å². The number of hydrogen-bond donors (Lipinski definition) is 2. The second-order valence-electron chi connectivity index (χ2n) is 19.3. The molecule has 0 radical (unpaired) electrons. The van der Waals surface area contributed by atoms with E-state index in [-0.39, 0.29) is 52.7 Å². The van der Waals surface area contributed by atoms with Crippen molar-refractivity contribution in [3.8, 4) is 17.2 Å². The van der Waals surface area contributed by atoms with E-state index < -0.39 is 5.97 Å². The molecule has 0 aliphatic carbocycles. The first-order valence-electron chi connectivity index (χ1n) is 26.8. The van der Waals surface area contributed by atoms with Crippen molar-refractivity contribution in [2.45, 2.75) is 87.7 Å². The normalized spacial score (nSPS) is 10.6. The van der Waals surface area contributed by atoms with E-state index in [1.807, 2.05) is 119 Å². The number of fused-ring (bicyclic) bond motifs is 3. The van der Waals surface area contributed by atoms with Gasteiger partial charge in [0.25, 0.3) is 0 Å². The second kappa shape index (κ2) is 35.1. The number of nitrogens with one attached hydrogen (secondary N) is 1. The van der Waals surface area contributed by atoms with Crippen LogP contribution < -0.4 is 43.8 Å². The molecule has 0 fully saturated rings. The minimum absolute atomic E-state index is 0. The molecule has 0 atom stereocenters. The van der Waals surface area contributed by atoms with Crippen LogP contribution in [0.1, 0.15) is 98.0 Å². The zero-order valence-corrected chi connectivity index (χ0v) is 57.0. The summed E-state index contributed by atoms with van der Waals surface area (Å²) in [7, 11) is 0. The Balaban J connectivity index is 0.000000251. The van der Waals surface area contributed by atoms with Gasteiger partial charge in [0.05, 0.1) is 44.1 Å². The number of alkyl halides is 1. The van der Waals surface area contributed by atoms with Crippen LogP contribution in [0.25, 0.3) is 32.7 Å². The van der Waals surface area contributed by atoms with E-state index in [4.69, 9.17) is 93.3 Å². The molecule has 0 saturated heterocycles. The van der Waals surface area contributed by atoms with Crippen molar-refractivity contribution in [1.29, 1.82) is 0 Å². The molecule has 3 heterocycles. The van der Waals surface area contributed by atoms with Crippen LogP contribution in [-0.4, -0.2) is 81.0 Å². The average Bonchev–Trinajstić information content (AvgIpc) is 2.81. The van der Waals surface area contributed by atoms with Crippen LogP contribution in [0.3, 0.4) is 0 Å². The molecular formula is C64H67BrCl6N3NaO10. The van der Waals surface area contributed by atoms with Crippen molar-refractivity contribution < 1.29 is 78.2 Å². The van der Waals surface area contributed by atoms with Gasteiger partial charge in [0.15, 0.2) is 0 Å². The number of carboxylic acid groups (broad SMARTS) is 1. The fourth-order valence-corrected chi connectivity index (χ4v) is 10.0. The molecule has 0 amide bonds. The third-order valence-electron chi connectivity index (χ3n) is 12.9. The number of benzene rings is 6. The summed E-state index contributed by atoms with van der Waals surface area (Å²) >= 11 is 39.8. The van der Waals surface area contributed by atoms with E-state index in [9.17, 15) is 19.5 Å². The van der Waals surface area contributed by atoms with Crippen LogP contribution in [-0.2, 0) is 22.6 Å². The Morgan fingerprint density at radius 3 is 1.26 bits per heavy atom. The zero-order chi connectivity index (χ0) is 60.5. The summed E-state index contributed by atoms with van der Waals surface area (Å²) in [5.74, 6) is 0.839. The van der Waals surface area contributed by atoms with Gasteiger partial charge in [-0.1, -0.05) is 104 Å². The maximum Gasteiger partial charge on any atom is 1.00 e. The topological polar surface area (TPSA) is 173 Å². The number of aromatic carboxylic acids is 1. The molecule has 448 valence electrons. The van der Waals surface area contributed by atoms with Crippen molar-refractivity contribution in [2.24, 2.45) is 0 Å². The first kappa shape index (κ1) is 72.4. The van der Waals surface area contributed by atoms with Gasteiger partial charge in [-0.15, -0.1) is 0 Å². The number of ether oxygens (including phenoxy) is 5. The third kappa shape index (κ3) is 20.5. The van der Waals surface area contributed by atoms with Gasteiger partial charge in [-0.05, 0) is 199 Å². The predicted molar refractivity (Wildman–Crippen MR) is 345 cm³/mol. The Kier molecular flexibility index (Phi) is 29.9. The van der Waals surface area contributed by atoms with Crippen LogP contribution in [0, 0.1) is 41.5 Å². The number of H-pyrrole nitrogens is 1. The second-order valence-corrected chi connectivity index (χ2v) is 22.6. The number of carbonyl (C=O) groups is 3. The number of halogens is 7. The summed E-state index contributed by atoms with van der Waals surface area (Å²) < 4.78 is 31.1. The molecule has 13 nitrogen and oxygen atoms in total. The number of carboxylic acids is 1. The number of carbonyl (C=O) groups excluding carboxylic acids is 2. The summed E-state index contributed by atoms with van der Waals surface area (Å²) in [6.07, 6.45) is 2.40. The molecule has 6 aromatic carbocycles. The molecule has 0 unspecified atom stereocenters. The standard InChI is InChI=1S/C22H23Cl2NO3.C20H19Cl2NO3.C11H14BrClO.C11H10ClNO2.Na.H2O/c1-4-27-22(26)20-12-16-6-7-17(23)13-19(16)25(20)8-5-9-28-18-10-14(2)21(24)15(3)11-18;1-12-8-16(9-13(2)19(12)22)26-7-3-6-23-17-11-15(21)5-4-14(17)10-18(23)20(24)25;1-8-6-10(14-5-3-4-12)7-9(2)11(8)13;1-2-15-11(14)10-5-7-3-4-8(12)6-9(7)13-10;;/h6-7,10-13H,4-5,8-9H2,1-3H3;4-5,8-11H,3,6-7H2,1-2H3,(H,24,25);6-7H,3-5H2,1-2H3;3-6,13H,2H2,1H3;;1H2/q;;;;+1;/p-1. The molecule has 0 spiro atoms. The van der Waals surface area contributed by atoms with E-state index in [0.29, 0.717) is 72.4 Å². The summed E-state index contributed by atoms with van der Waals surface area (Å²) in [4.78, 5) is 38.3. The third-order valence-corrected chi connectivity index (χ3v) is 15.9. The maximum absolute atomic E-state index is 12.4. The molecule has 0 bridgehead atoms. The molecule has 9 aromatic rings. The number of aryl methyl sites for hydroxylation is 8. The quantitative estimate of drug-likeness (QED) is 0.0343. The summed E-state index contributed by atoms with van der Waals surface area (Å²) in [6, 6.07) is 33.3. The van der Waals surface area contributed by atoms with Crippen molar-refractivity contribution >= 4 is 136 Å². The fourth-order valence-electron chi connectivity index (χ4n) is 8.94. The van der Waals surface area contributed by atoms with Gasteiger partial charge in [-0.25, -0.2) is 14.4 Å².